The Balaban J connectivity index is 2.34. The van der Waals surface area contributed by atoms with E-state index in [2.05, 4.69) is 20.9 Å². The Labute approximate surface area is 90.1 Å². The number of hydrogen-bond acceptors (Lipinski definition) is 3. The summed E-state index contributed by atoms with van der Waals surface area (Å²) in [6.45, 7) is 0. The van der Waals surface area contributed by atoms with Crippen LogP contribution in [0.1, 0.15) is 17.5 Å². The molecule has 0 aliphatic heterocycles. The number of nitrogens with two attached hydrogens (primary N) is 1. The van der Waals surface area contributed by atoms with Gasteiger partial charge in [0.15, 0.2) is 0 Å². The smallest absolute Gasteiger partial charge is 0.140 e. The summed E-state index contributed by atoms with van der Waals surface area (Å²) < 4.78 is 6.14. The molecule has 3 nitrogen and oxygen atoms in total. The van der Waals surface area contributed by atoms with Gasteiger partial charge < -0.3 is 10.2 Å². The van der Waals surface area contributed by atoms with E-state index in [-0.39, 0.29) is 6.04 Å². The van der Waals surface area contributed by atoms with Crippen molar-refractivity contribution >= 4 is 15.9 Å². The maximum atomic E-state index is 5.98. The molecule has 0 bridgehead atoms. The molecule has 1 unspecified atom stereocenters. The second-order valence-corrected chi connectivity index (χ2v) is 3.72. The number of hydrogen-bond donors (Lipinski definition) is 1. The van der Waals surface area contributed by atoms with Gasteiger partial charge in [0.25, 0.3) is 0 Å². The first-order valence-corrected chi connectivity index (χ1v) is 4.97. The van der Waals surface area contributed by atoms with E-state index >= 15 is 0 Å². The lowest BCUT2D eigenvalue weighted by atomic mass is 10.1. The average molecular weight is 253 g/mol. The van der Waals surface area contributed by atoms with Gasteiger partial charge in [-0.1, -0.05) is 6.07 Å². The number of aromatic nitrogens is 1. The van der Waals surface area contributed by atoms with Crippen LogP contribution in [-0.2, 0) is 0 Å². The molecule has 72 valence electrons. The van der Waals surface area contributed by atoms with E-state index in [1.165, 1.54) is 0 Å². The number of rotatable bonds is 2. The molecule has 0 fully saturated rings. The Morgan fingerprint density at radius 2 is 2.21 bits per heavy atom. The first-order chi connectivity index (χ1) is 6.79. The van der Waals surface area contributed by atoms with Crippen molar-refractivity contribution in [3.8, 4) is 0 Å². The van der Waals surface area contributed by atoms with Crippen LogP contribution in [0.2, 0.25) is 0 Å². The molecule has 2 heterocycles. The van der Waals surface area contributed by atoms with Crippen molar-refractivity contribution in [1.82, 2.24) is 4.98 Å². The summed E-state index contributed by atoms with van der Waals surface area (Å²) in [5.74, 6) is 0.698. The fourth-order valence-corrected chi connectivity index (χ4v) is 1.67. The maximum absolute atomic E-state index is 5.98. The van der Waals surface area contributed by atoms with Gasteiger partial charge >= 0.3 is 0 Å². The quantitative estimate of drug-likeness (QED) is 0.894. The third-order valence-corrected chi connectivity index (χ3v) is 2.59. The highest BCUT2D eigenvalue weighted by atomic mass is 79.9. The predicted octanol–water partition coefficient (Wildman–Crippen LogP) is 2.49. The lowest BCUT2D eigenvalue weighted by Crippen LogP contribution is -2.12. The van der Waals surface area contributed by atoms with E-state index < -0.39 is 0 Å². The molecular weight excluding hydrogens is 244 g/mol. The van der Waals surface area contributed by atoms with Crippen LogP contribution in [0.5, 0.6) is 0 Å². The molecule has 1 atom stereocenters. The molecule has 0 saturated carbocycles. The molecule has 2 aromatic rings. The molecule has 0 amide bonds. The first kappa shape index (κ1) is 9.43. The number of nitrogens with zero attached hydrogens (tertiary/aromatic N) is 1. The molecule has 2 rings (SSSR count). The Hall–Kier alpha value is -1.13. The van der Waals surface area contributed by atoms with Gasteiger partial charge in [0.05, 0.1) is 16.4 Å². The topological polar surface area (TPSA) is 52.0 Å². The normalized spacial score (nSPS) is 12.7. The Bertz CT molecular complexity index is 413. The van der Waals surface area contributed by atoms with Gasteiger partial charge in [-0.15, -0.1) is 0 Å². The summed E-state index contributed by atoms with van der Waals surface area (Å²) in [6, 6.07) is 7.13. The minimum absolute atomic E-state index is 0.319. The van der Waals surface area contributed by atoms with E-state index in [1.54, 1.807) is 12.5 Å². The Morgan fingerprint density at radius 1 is 1.36 bits per heavy atom. The van der Waals surface area contributed by atoms with Gasteiger partial charge in [-0.05, 0) is 34.1 Å². The van der Waals surface area contributed by atoms with Crippen LogP contribution in [0, 0.1) is 0 Å². The lowest BCUT2D eigenvalue weighted by molar-refractivity contribution is 0.484. The second-order valence-electron chi connectivity index (χ2n) is 2.87. The second kappa shape index (κ2) is 3.94. The molecule has 0 saturated heterocycles. The number of furan rings is 1. The standard InChI is InChI=1S/C10H9BrN2O/c11-7-4-6-14-10(7)9(12)8-3-1-2-5-13-8/h1-6,9H,12H2. The van der Waals surface area contributed by atoms with Crippen LogP contribution >= 0.6 is 15.9 Å². The van der Waals surface area contributed by atoms with Crippen LogP contribution in [0.3, 0.4) is 0 Å². The molecule has 0 aliphatic rings. The van der Waals surface area contributed by atoms with Crippen LogP contribution in [0.4, 0.5) is 0 Å². The van der Waals surface area contributed by atoms with Gasteiger partial charge in [0.1, 0.15) is 11.8 Å². The zero-order valence-electron chi connectivity index (χ0n) is 7.35. The van der Waals surface area contributed by atoms with Gasteiger partial charge in [-0.25, -0.2) is 0 Å². The maximum Gasteiger partial charge on any atom is 0.140 e. The van der Waals surface area contributed by atoms with Crippen molar-refractivity contribution < 1.29 is 4.42 Å². The summed E-state index contributed by atoms with van der Waals surface area (Å²) >= 11 is 3.36. The zero-order chi connectivity index (χ0) is 9.97. The van der Waals surface area contributed by atoms with Gasteiger partial charge in [0.2, 0.25) is 0 Å². The molecule has 2 N–H and O–H groups in total. The third-order valence-electron chi connectivity index (χ3n) is 1.93. The highest BCUT2D eigenvalue weighted by Gasteiger charge is 2.15. The molecular formula is C10H9BrN2O. The van der Waals surface area contributed by atoms with Crippen molar-refractivity contribution in [2.45, 2.75) is 6.04 Å². The van der Waals surface area contributed by atoms with Crippen molar-refractivity contribution in [2.24, 2.45) is 5.73 Å². The molecule has 2 aromatic heterocycles. The van der Waals surface area contributed by atoms with Crippen LogP contribution in [0.15, 0.2) is 45.6 Å². The van der Waals surface area contributed by atoms with Crippen molar-refractivity contribution in [2.75, 3.05) is 0 Å². The van der Waals surface area contributed by atoms with Crippen LogP contribution in [-0.4, -0.2) is 4.98 Å². The molecule has 0 spiro atoms. The van der Waals surface area contributed by atoms with Gasteiger partial charge in [-0.3, -0.25) is 4.98 Å². The Morgan fingerprint density at radius 3 is 2.79 bits per heavy atom. The summed E-state index contributed by atoms with van der Waals surface area (Å²) in [6.07, 6.45) is 3.31. The highest BCUT2D eigenvalue weighted by molar-refractivity contribution is 9.10. The fourth-order valence-electron chi connectivity index (χ4n) is 1.22. The lowest BCUT2D eigenvalue weighted by Gasteiger charge is -2.07. The Kier molecular flexibility index (Phi) is 2.65. The first-order valence-electron chi connectivity index (χ1n) is 4.18. The largest absolute Gasteiger partial charge is 0.466 e. The molecule has 0 aliphatic carbocycles. The highest BCUT2D eigenvalue weighted by Crippen LogP contribution is 2.26. The third kappa shape index (κ3) is 1.71. The molecule has 0 aromatic carbocycles. The minimum atomic E-state index is -0.319. The van der Waals surface area contributed by atoms with E-state index in [0.29, 0.717) is 5.76 Å². The van der Waals surface area contributed by atoms with Gasteiger partial charge in [-0.2, -0.15) is 0 Å². The van der Waals surface area contributed by atoms with Crippen molar-refractivity contribution in [1.29, 1.82) is 0 Å². The molecule has 4 heteroatoms. The van der Waals surface area contributed by atoms with Crippen LogP contribution in [0.25, 0.3) is 0 Å². The zero-order valence-corrected chi connectivity index (χ0v) is 8.94. The summed E-state index contributed by atoms with van der Waals surface area (Å²) in [7, 11) is 0. The SMILES string of the molecule is NC(c1ccccn1)c1occc1Br. The average Bonchev–Trinajstić information content (AvgIpc) is 2.65. The number of pyridine rings is 1. The predicted molar refractivity (Wildman–Crippen MR) is 56.7 cm³/mol. The molecule has 14 heavy (non-hydrogen) atoms. The van der Waals surface area contributed by atoms with E-state index in [4.69, 9.17) is 10.2 Å². The summed E-state index contributed by atoms with van der Waals surface area (Å²) in [4.78, 5) is 4.17. The fraction of sp³-hybridized carbons (Fsp3) is 0.100. The van der Waals surface area contributed by atoms with Crippen LogP contribution < -0.4 is 5.73 Å². The summed E-state index contributed by atoms with van der Waals surface area (Å²) in [5, 5.41) is 0. The van der Waals surface area contributed by atoms with Gasteiger partial charge in [0, 0.05) is 6.20 Å². The molecule has 0 radical (unpaired) electrons. The van der Waals surface area contributed by atoms with E-state index in [9.17, 15) is 0 Å². The monoisotopic (exact) mass is 252 g/mol. The van der Waals surface area contributed by atoms with E-state index in [0.717, 1.165) is 10.2 Å². The minimum Gasteiger partial charge on any atom is -0.466 e. The number of halogens is 1. The van der Waals surface area contributed by atoms with E-state index in [1.807, 2.05) is 24.3 Å². The van der Waals surface area contributed by atoms with Crippen molar-refractivity contribution in [3.63, 3.8) is 0 Å². The summed E-state index contributed by atoms with van der Waals surface area (Å²) in [5.41, 5.74) is 6.77. The van der Waals surface area contributed by atoms with Crippen molar-refractivity contribution in [3.05, 3.63) is 52.7 Å².